The third-order valence-corrected chi connectivity index (χ3v) is 4.66. The maximum absolute atomic E-state index is 14.1. The van der Waals surface area contributed by atoms with E-state index in [1.165, 1.54) is 25.7 Å². The van der Waals surface area contributed by atoms with Gasteiger partial charge in [0.25, 0.3) is 0 Å². The molecule has 1 aromatic heterocycles. The van der Waals surface area contributed by atoms with E-state index < -0.39 is 11.6 Å². The summed E-state index contributed by atoms with van der Waals surface area (Å²) in [5.74, 6) is -0.109. The lowest BCUT2D eigenvalue weighted by Crippen LogP contribution is -2.36. The van der Waals surface area contributed by atoms with Gasteiger partial charge in [0, 0.05) is 25.7 Å². The molecule has 1 atom stereocenters. The standard InChI is InChI=1S/C15H21F2N3/c1-18-14-11(16)9-12(17)15(19-14)20-8-4-7-13(20)10-5-2-3-6-10/h9-10,13H,2-8H2,1H3,(H,18,19). The van der Waals surface area contributed by atoms with E-state index in [4.69, 9.17) is 0 Å². The van der Waals surface area contributed by atoms with Crippen molar-refractivity contribution in [2.24, 2.45) is 5.92 Å². The Kier molecular flexibility index (Phi) is 3.76. The quantitative estimate of drug-likeness (QED) is 0.918. The maximum atomic E-state index is 14.1. The molecule has 0 radical (unpaired) electrons. The zero-order chi connectivity index (χ0) is 14.1. The maximum Gasteiger partial charge on any atom is 0.168 e. The third-order valence-electron chi connectivity index (χ3n) is 4.66. The predicted octanol–water partition coefficient (Wildman–Crippen LogP) is 3.56. The Bertz CT molecular complexity index is 486. The SMILES string of the molecule is CNc1nc(N2CCCC2C2CCCC2)c(F)cc1F. The summed E-state index contributed by atoms with van der Waals surface area (Å²) < 4.78 is 27.6. The molecule has 2 aliphatic rings. The molecule has 0 bridgehead atoms. The van der Waals surface area contributed by atoms with Crippen molar-refractivity contribution >= 4 is 11.6 Å². The fourth-order valence-corrected chi connectivity index (χ4v) is 3.72. The molecule has 1 N–H and O–H groups in total. The highest BCUT2D eigenvalue weighted by molar-refractivity contribution is 5.50. The van der Waals surface area contributed by atoms with E-state index >= 15 is 0 Å². The number of pyridine rings is 1. The number of hydrogen-bond donors (Lipinski definition) is 1. The first-order chi connectivity index (χ1) is 9.70. The van der Waals surface area contributed by atoms with E-state index in [9.17, 15) is 8.78 Å². The van der Waals surface area contributed by atoms with Crippen LogP contribution in [-0.4, -0.2) is 24.6 Å². The number of anilines is 2. The zero-order valence-electron chi connectivity index (χ0n) is 11.8. The molecule has 2 heterocycles. The van der Waals surface area contributed by atoms with Gasteiger partial charge < -0.3 is 10.2 Å². The normalized spacial score (nSPS) is 23.6. The van der Waals surface area contributed by atoms with Gasteiger partial charge in [-0.15, -0.1) is 0 Å². The summed E-state index contributed by atoms with van der Waals surface area (Å²) >= 11 is 0. The van der Waals surface area contributed by atoms with Gasteiger partial charge in [0.05, 0.1) is 0 Å². The van der Waals surface area contributed by atoms with Gasteiger partial charge in [-0.2, -0.15) is 0 Å². The van der Waals surface area contributed by atoms with E-state index in [1.54, 1.807) is 7.05 Å². The van der Waals surface area contributed by atoms with Crippen molar-refractivity contribution in [2.45, 2.75) is 44.6 Å². The van der Waals surface area contributed by atoms with Gasteiger partial charge in [-0.25, -0.2) is 13.8 Å². The highest BCUT2D eigenvalue weighted by Crippen LogP contribution is 2.38. The first-order valence-corrected chi connectivity index (χ1v) is 7.51. The lowest BCUT2D eigenvalue weighted by Gasteiger charge is -2.30. The molecule has 1 unspecified atom stereocenters. The summed E-state index contributed by atoms with van der Waals surface area (Å²) in [6.07, 6.45) is 7.16. The minimum absolute atomic E-state index is 0.124. The molecular formula is C15H21F2N3. The Morgan fingerprint density at radius 3 is 2.60 bits per heavy atom. The minimum Gasteiger partial charge on any atom is -0.371 e. The van der Waals surface area contributed by atoms with Crippen molar-refractivity contribution in [2.75, 3.05) is 23.8 Å². The van der Waals surface area contributed by atoms with Crippen LogP contribution in [-0.2, 0) is 0 Å². The topological polar surface area (TPSA) is 28.2 Å². The lowest BCUT2D eigenvalue weighted by molar-refractivity contribution is 0.425. The fourth-order valence-electron chi connectivity index (χ4n) is 3.72. The van der Waals surface area contributed by atoms with Crippen molar-refractivity contribution < 1.29 is 8.78 Å². The third kappa shape index (κ3) is 2.34. The fraction of sp³-hybridized carbons (Fsp3) is 0.667. The summed E-state index contributed by atoms with van der Waals surface area (Å²) in [5, 5.41) is 2.69. The van der Waals surface area contributed by atoms with Gasteiger partial charge in [-0.3, -0.25) is 0 Å². The summed E-state index contributed by atoms with van der Waals surface area (Å²) in [7, 11) is 1.60. The van der Waals surface area contributed by atoms with Gasteiger partial charge in [0.1, 0.15) is 0 Å². The highest BCUT2D eigenvalue weighted by atomic mass is 19.1. The number of nitrogens with one attached hydrogen (secondary N) is 1. The van der Waals surface area contributed by atoms with Crippen molar-refractivity contribution in [1.82, 2.24) is 4.98 Å². The van der Waals surface area contributed by atoms with Crippen LogP contribution in [0.2, 0.25) is 0 Å². The second-order valence-electron chi connectivity index (χ2n) is 5.82. The molecule has 0 amide bonds. The van der Waals surface area contributed by atoms with Crippen molar-refractivity contribution in [3.63, 3.8) is 0 Å². The van der Waals surface area contributed by atoms with Crippen molar-refractivity contribution in [1.29, 1.82) is 0 Å². The summed E-state index contributed by atoms with van der Waals surface area (Å²) in [4.78, 5) is 6.22. The first-order valence-electron chi connectivity index (χ1n) is 7.51. The molecule has 1 saturated carbocycles. The van der Waals surface area contributed by atoms with Crippen LogP contribution in [0.15, 0.2) is 6.07 Å². The molecule has 1 aromatic rings. The molecule has 110 valence electrons. The average Bonchev–Trinajstić information content (AvgIpc) is 3.09. The molecule has 5 heteroatoms. The summed E-state index contributed by atoms with van der Waals surface area (Å²) in [6.45, 7) is 0.819. The Morgan fingerprint density at radius 2 is 1.90 bits per heavy atom. The van der Waals surface area contributed by atoms with Gasteiger partial charge in [0.2, 0.25) is 0 Å². The summed E-state index contributed by atoms with van der Waals surface area (Å²) in [6, 6.07) is 1.31. The van der Waals surface area contributed by atoms with Gasteiger partial charge in [-0.05, 0) is 31.6 Å². The molecule has 2 fully saturated rings. The van der Waals surface area contributed by atoms with Crippen molar-refractivity contribution in [3.05, 3.63) is 17.7 Å². The smallest absolute Gasteiger partial charge is 0.168 e. The van der Waals surface area contributed by atoms with Gasteiger partial charge in [0.15, 0.2) is 23.3 Å². The molecule has 0 spiro atoms. The molecule has 20 heavy (non-hydrogen) atoms. The molecule has 1 saturated heterocycles. The Labute approximate surface area is 118 Å². The molecule has 1 aliphatic carbocycles. The number of nitrogens with zero attached hydrogens (tertiary/aromatic N) is 2. The highest BCUT2D eigenvalue weighted by Gasteiger charge is 2.35. The second-order valence-corrected chi connectivity index (χ2v) is 5.82. The van der Waals surface area contributed by atoms with Crippen LogP contribution in [0.25, 0.3) is 0 Å². The van der Waals surface area contributed by atoms with Crippen LogP contribution in [0, 0.1) is 17.6 Å². The zero-order valence-corrected chi connectivity index (χ0v) is 11.8. The molecule has 3 rings (SSSR count). The molecule has 0 aromatic carbocycles. The lowest BCUT2D eigenvalue weighted by atomic mass is 9.96. The number of aromatic nitrogens is 1. The van der Waals surface area contributed by atoms with E-state index in [0.717, 1.165) is 25.5 Å². The van der Waals surface area contributed by atoms with Crippen LogP contribution in [0.1, 0.15) is 38.5 Å². The van der Waals surface area contributed by atoms with Crippen molar-refractivity contribution in [3.8, 4) is 0 Å². The Balaban J connectivity index is 1.90. The number of halogens is 2. The first kappa shape index (κ1) is 13.6. The summed E-state index contributed by atoms with van der Waals surface area (Å²) in [5.41, 5.74) is 0. The van der Waals surface area contributed by atoms with Crippen LogP contribution in [0.5, 0.6) is 0 Å². The monoisotopic (exact) mass is 281 g/mol. The molecular weight excluding hydrogens is 260 g/mol. The van der Waals surface area contributed by atoms with E-state index in [-0.39, 0.29) is 5.82 Å². The minimum atomic E-state index is -0.634. The Hall–Kier alpha value is -1.39. The van der Waals surface area contributed by atoms with Crippen LogP contribution < -0.4 is 10.2 Å². The van der Waals surface area contributed by atoms with E-state index in [2.05, 4.69) is 15.2 Å². The van der Waals surface area contributed by atoms with Crippen LogP contribution in [0.3, 0.4) is 0 Å². The average molecular weight is 281 g/mol. The number of hydrogen-bond acceptors (Lipinski definition) is 3. The van der Waals surface area contributed by atoms with Gasteiger partial charge >= 0.3 is 0 Å². The van der Waals surface area contributed by atoms with E-state index in [0.29, 0.717) is 17.8 Å². The predicted molar refractivity (Wildman–Crippen MR) is 76.0 cm³/mol. The van der Waals surface area contributed by atoms with E-state index in [1.807, 2.05) is 0 Å². The Morgan fingerprint density at radius 1 is 1.15 bits per heavy atom. The largest absolute Gasteiger partial charge is 0.371 e. The second kappa shape index (κ2) is 5.54. The van der Waals surface area contributed by atoms with Crippen LogP contribution in [0.4, 0.5) is 20.4 Å². The molecule has 1 aliphatic heterocycles. The van der Waals surface area contributed by atoms with Crippen LogP contribution >= 0.6 is 0 Å². The number of rotatable bonds is 3. The molecule has 3 nitrogen and oxygen atoms in total. The van der Waals surface area contributed by atoms with Gasteiger partial charge in [-0.1, -0.05) is 12.8 Å².